The minimum absolute atomic E-state index is 0.0162. The highest BCUT2D eigenvalue weighted by Gasteiger charge is 2.43. The van der Waals surface area contributed by atoms with E-state index in [0.29, 0.717) is 28.1 Å². The maximum atomic E-state index is 13.6. The van der Waals surface area contributed by atoms with Crippen molar-refractivity contribution in [1.82, 2.24) is 0 Å². The number of amidine groups is 1. The normalized spacial score (nSPS) is 16.9. The molecule has 1 saturated heterocycles. The fourth-order valence-corrected chi connectivity index (χ4v) is 6.61. The lowest BCUT2D eigenvalue weighted by molar-refractivity contribution is -0.120. The number of nitrogens with one attached hydrogen (secondary N) is 2. The summed E-state index contributed by atoms with van der Waals surface area (Å²) in [5, 5.41) is 23.3. The molecule has 1 heterocycles. The van der Waals surface area contributed by atoms with Crippen LogP contribution < -0.4 is 21.5 Å². The number of hydrogen-bond acceptors (Lipinski definition) is 8. The number of rotatable bonds is 7. The van der Waals surface area contributed by atoms with Gasteiger partial charge in [-0.3, -0.25) is 4.79 Å². The molecular weight excluding hydrogens is 530 g/mol. The average Bonchev–Trinajstić information content (AvgIpc) is 2.89. The van der Waals surface area contributed by atoms with Gasteiger partial charge in [-0.05, 0) is 48.7 Å². The second-order valence-electron chi connectivity index (χ2n) is 9.00. The van der Waals surface area contributed by atoms with E-state index in [1.807, 2.05) is 0 Å². The molecule has 3 aromatic rings. The van der Waals surface area contributed by atoms with Crippen LogP contribution in [0.3, 0.4) is 0 Å². The Bertz CT molecular complexity index is 1590. The third-order valence-corrected chi connectivity index (χ3v) is 9.03. The Hall–Kier alpha value is -3.94. The number of sulfonamides is 1. The van der Waals surface area contributed by atoms with Crippen LogP contribution in [0.25, 0.3) is 11.1 Å². The maximum absolute atomic E-state index is 13.6. The van der Waals surface area contributed by atoms with Gasteiger partial charge in [-0.2, -0.15) is 0 Å². The summed E-state index contributed by atoms with van der Waals surface area (Å²) < 4.78 is 48.2. The van der Waals surface area contributed by atoms with Gasteiger partial charge in [0, 0.05) is 22.5 Å². The monoisotopic (exact) mass is 557 g/mol. The largest absolute Gasteiger partial charge is 0.409 e. The number of amides is 1. The molecule has 7 N–H and O–H groups in total. The van der Waals surface area contributed by atoms with Crippen LogP contribution in [0, 0.1) is 0 Å². The zero-order valence-corrected chi connectivity index (χ0v) is 21.8. The predicted molar refractivity (Wildman–Crippen MR) is 145 cm³/mol. The van der Waals surface area contributed by atoms with E-state index in [0.717, 1.165) is 0 Å². The SMILES string of the molecule is NC(=NO)c1cccc(NC2(C(=O)Nc3ccc(-c4ccccc4S(N)(=O)=O)cc3)CCS(=O)(=O)CC2)c1. The first-order valence-corrected chi connectivity index (χ1v) is 14.9. The summed E-state index contributed by atoms with van der Waals surface area (Å²) in [6.07, 6.45) is 0.0730. The Kier molecular flexibility index (Phi) is 7.44. The molecule has 4 rings (SSSR count). The van der Waals surface area contributed by atoms with Crippen molar-refractivity contribution in [1.29, 1.82) is 0 Å². The number of primary sulfonamides is 1. The molecule has 13 heteroatoms. The van der Waals surface area contributed by atoms with E-state index in [9.17, 15) is 21.6 Å². The van der Waals surface area contributed by atoms with Crippen LogP contribution in [0.4, 0.5) is 11.4 Å². The fourth-order valence-electron chi connectivity index (χ4n) is 4.32. The van der Waals surface area contributed by atoms with Crippen LogP contribution in [0.15, 0.2) is 82.8 Å². The minimum atomic E-state index is -3.94. The van der Waals surface area contributed by atoms with Crippen molar-refractivity contribution in [3.05, 3.63) is 78.4 Å². The molecule has 200 valence electrons. The first kappa shape index (κ1) is 27.1. The van der Waals surface area contributed by atoms with E-state index in [1.165, 1.54) is 6.07 Å². The molecule has 0 bridgehead atoms. The van der Waals surface area contributed by atoms with Crippen molar-refractivity contribution in [2.75, 3.05) is 22.1 Å². The number of carbonyl (C=O) groups excluding carboxylic acids is 1. The first-order chi connectivity index (χ1) is 17.9. The average molecular weight is 558 g/mol. The third-order valence-electron chi connectivity index (χ3n) is 6.41. The lowest BCUT2D eigenvalue weighted by Gasteiger charge is -2.37. The molecule has 0 unspecified atom stereocenters. The molecule has 0 aromatic heterocycles. The van der Waals surface area contributed by atoms with Crippen LogP contribution >= 0.6 is 0 Å². The van der Waals surface area contributed by atoms with Crippen LogP contribution in [0.1, 0.15) is 18.4 Å². The molecule has 1 fully saturated rings. The summed E-state index contributed by atoms with van der Waals surface area (Å²) >= 11 is 0. The highest BCUT2D eigenvalue weighted by molar-refractivity contribution is 7.91. The van der Waals surface area contributed by atoms with Crippen LogP contribution in [0.5, 0.6) is 0 Å². The van der Waals surface area contributed by atoms with Gasteiger partial charge >= 0.3 is 0 Å². The lowest BCUT2D eigenvalue weighted by Crippen LogP contribution is -2.54. The van der Waals surface area contributed by atoms with Gasteiger partial charge < -0.3 is 21.6 Å². The van der Waals surface area contributed by atoms with Crippen molar-refractivity contribution in [3.63, 3.8) is 0 Å². The lowest BCUT2D eigenvalue weighted by atomic mass is 9.90. The van der Waals surface area contributed by atoms with E-state index in [1.54, 1.807) is 66.7 Å². The van der Waals surface area contributed by atoms with Crippen LogP contribution in [0.2, 0.25) is 0 Å². The third kappa shape index (κ3) is 5.96. The maximum Gasteiger partial charge on any atom is 0.250 e. The minimum Gasteiger partial charge on any atom is -0.409 e. The summed E-state index contributed by atoms with van der Waals surface area (Å²) in [5.74, 6) is -0.880. The molecule has 3 aromatic carbocycles. The van der Waals surface area contributed by atoms with Gasteiger partial charge in [0.2, 0.25) is 15.9 Å². The van der Waals surface area contributed by atoms with Gasteiger partial charge in [-0.25, -0.2) is 22.0 Å². The quantitative estimate of drug-likeness (QED) is 0.126. The molecular formula is C25H27N5O6S2. The van der Waals surface area contributed by atoms with Gasteiger partial charge in [0.15, 0.2) is 15.7 Å². The Morgan fingerprint density at radius 3 is 2.24 bits per heavy atom. The predicted octanol–water partition coefficient (Wildman–Crippen LogP) is 2.09. The Labute approximate surface area is 220 Å². The Morgan fingerprint density at radius 1 is 0.947 bits per heavy atom. The molecule has 0 aliphatic carbocycles. The number of nitrogens with two attached hydrogens (primary N) is 2. The van der Waals surface area contributed by atoms with Gasteiger partial charge in [0.05, 0.1) is 16.4 Å². The Balaban J connectivity index is 1.61. The summed E-state index contributed by atoms with van der Waals surface area (Å²) in [4.78, 5) is 13.6. The standard InChI is InChI=1S/C25H27N5O6S2/c26-23(30-32)18-4-3-5-20(16-18)29-25(12-14-37(33,34)15-13-25)24(31)28-19-10-8-17(9-11-19)21-6-1-2-7-22(21)38(27,35)36/h1-11,16,29,32H,12-15H2,(H2,26,30)(H,28,31)(H2,27,35,36). The van der Waals surface area contributed by atoms with E-state index in [2.05, 4.69) is 15.8 Å². The van der Waals surface area contributed by atoms with E-state index < -0.39 is 31.3 Å². The zero-order chi connectivity index (χ0) is 27.6. The number of oxime groups is 1. The smallest absolute Gasteiger partial charge is 0.250 e. The number of anilines is 2. The van der Waals surface area contributed by atoms with Crippen molar-refractivity contribution in [2.24, 2.45) is 16.0 Å². The van der Waals surface area contributed by atoms with E-state index in [4.69, 9.17) is 16.1 Å². The number of carbonyl (C=O) groups is 1. The van der Waals surface area contributed by atoms with Crippen LogP contribution in [-0.4, -0.2) is 50.8 Å². The summed E-state index contributed by atoms with van der Waals surface area (Å²) in [6.45, 7) is 0. The van der Waals surface area contributed by atoms with Gasteiger partial charge in [0.25, 0.3) is 0 Å². The molecule has 11 nitrogen and oxygen atoms in total. The van der Waals surface area contributed by atoms with Crippen molar-refractivity contribution < 1.29 is 26.8 Å². The second-order valence-corrected chi connectivity index (χ2v) is 12.8. The zero-order valence-electron chi connectivity index (χ0n) is 20.2. The van der Waals surface area contributed by atoms with Gasteiger partial charge in [0.1, 0.15) is 5.54 Å². The first-order valence-electron chi connectivity index (χ1n) is 11.5. The van der Waals surface area contributed by atoms with E-state index >= 15 is 0 Å². The number of benzene rings is 3. The van der Waals surface area contributed by atoms with Crippen molar-refractivity contribution in [2.45, 2.75) is 23.3 Å². The number of hydrogen-bond donors (Lipinski definition) is 5. The molecule has 38 heavy (non-hydrogen) atoms. The van der Waals surface area contributed by atoms with E-state index in [-0.39, 0.29) is 35.1 Å². The van der Waals surface area contributed by atoms with Crippen molar-refractivity contribution in [3.8, 4) is 11.1 Å². The van der Waals surface area contributed by atoms with Gasteiger partial charge in [-0.15, -0.1) is 0 Å². The summed E-state index contributed by atoms with van der Waals surface area (Å²) in [7, 11) is -7.22. The number of nitrogens with zero attached hydrogens (tertiary/aromatic N) is 1. The fraction of sp³-hybridized carbons (Fsp3) is 0.200. The van der Waals surface area contributed by atoms with Crippen molar-refractivity contribution >= 4 is 43.0 Å². The molecule has 0 spiro atoms. The second kappa shape index (κ2) is 10.4. The summed E-state index contributed by atoms with van der Waals surface area (Å²) in [6, 6.07) is 19.5. The molecule has 0 radical (unpaired) electrons. The summed E-state index contributed by atoms with van der Waals surface area (Å²) in [5.41, 5.74) is 6.82. The molecule has 1 aliphatic rings. The highest BCUT2D eigenvalue weighted by atomic mass is 32.2. The molecule has 0 saturated carbocycles. The molecule has 0 atom stereocenters. The topological polar surface area (TPSA) is 194 Å². The number of sulfone groups is 1. The van der Waals surface area contributed by atoms with Crippen LogP contribution in [-0.2, 0) is 24.7 Å². The Morgan fingerprint density at radius 2 is 1.61 bits per heavy atom. The highest BCUT2D eigenvalue weighted by Crippen LogP contribution is 2.32. The molecule has 1 aliphatic heterocycles. The van der Waals surface area contributed by atoms with Gasteiger partial charge in [-0.1, -0.05) is 47.6 Å². The molecule has 1 amide bonds.